The summed E-state index contributed by atoms with van der Waals surface area (Å²) in [6, 6.07) is 1.97. The van der Waals surface area contributed by atoms with Gasteiger partial charge in [-0.05, 0) is 6.07 Å². The minimum atomic E-state index is -2.97. The Kier molecular flexibility index (Phi) is 2.41. The van der Waals surface area contributed by atoms with Gasteiger partial charge >= 0.3 is 6.55 Å². The van der Waals surface area contributed by atoms with Crippen molar-refractivity contribution >= 4 is 5.91 Å². The highest BCUT2D eigenvalue weighted by molar-refractivity contribution is 5.92. The van der Waals surface area contributed by atoms with E-state index in [2.05, 4.69) is 0 Å². The number of alkyl halides is 2. The number of aromatic nitrogens is 1. The van der Waals surface area contributed by atoms with Crippen LogP contribution in [0.15, 0.2) is 23.1 Å². The zero-order valence-electron chi connectivity index (χ0n) is 6.41. The van der Waals surface area contributed by atoms with Crippen molar-refractivity contribution < 1.29 is 13.6 Å². The lowest BCUT2D eigenvalue weighted by atomic mass is 10.3. The first kappa shape index (κ1) is 9.37. The van der Waals surface area contributed by atoms with Gasteiger partial charge in [0, 0.05) is 12.3 Å². The number of amides is 1. The third-order valence-electron chi connectivity index (χ3n) is 1.43. The second kappa shape index (κ2) is 3.34. The summed E-state index contributed by atoms with van der Waals surface area (Å²) in [4.78, 5) is 21.3. The molecular formula is C7H6F2N2O2. The molecule has 1 aromatic rings. The van der Waals surface area contributed by atoms with Gasteiger partial charge in [-0.1, -0.05) is 0 Å². The Balaban J connectivity index is 3.27. The molecule has 0 aliphatic rings. The highest BCUT2D eigenvalue weighted by atomic mass is 19.3. The first-order valence-corrected chi connectivity index (χ1v) is 3.32. The first-order valence-electron chi connectivity index (χ1n) is 3.32. The fraction of sp³-hybridized carbons (Fsp3) is 0.143. The number of carbonyl (C=O) groups is 1. The fourth-order valence-corrected chi connectivity index (χ4v) is 0.802. The third kappa shape index (κ3) is 1.90. The van der Waals surface area contributed by atoms with E-state index < -0.39 is 18.0 Å². The summed E-state index contributed by atoms with van der Waals surface area (Å²) in [5.41, 5.74) is 3.83. The van der Waals surface area contributed by atoms with Gasteiger partial charge in [-0.25, -0.2) is 0 Å². The molecule has 0 saturated carbocycles. The highest BCUT2D eigenvalue weighted by Gasteiger charge is 2.09. The average molecular weight is 188 g/mol. The molecule has 0 aliphatic heterocycles. The van der Waals surface area contributed by atoms with Crippen LogP contribution in [-0.4, -0.2) is 10.5 Å². The molecule has 0 fully saturated rings. The van der Waals surface area contributed by atoms with Gasteiger partial charge in [-0.2, -0.15) is 8.78 Å². The molecule has 0 unspecified atom stereocenters. The van der Waals surface area contributed by atoms with E-state index in [1.165, 1.54) is 0 Å². The van der Waals surface area contributed by atoms with E-state index in [9.17, 15) is 18.4 Å². The van der Waals surface area contributed by atoms with E-state index in [-0.39, 0.29) is 10.1 Å². The summed E-state index contributed by atoms with van der Waals surface area (Å²) in [6.45, 7) is -2.97. The van der Waals surface area contributed by atoms with Crippen LogP contribution in [0.5, 0.6) is 0 Å². The number of carbonyl (C=O) groups excluding carboxylic acids is 1. The van der Waals surface area contributed by atoms with Gasteiger partial charge in [-0.3, -0.25) is 14.2 Å². The number of pyridine rings is 1. The van der Waals surface area contributed by atoms with Crippen molar-refractivity contribution in [3.8, 4) is 0 Å². The van der Waals surface area contributed by atoms with Gasteiger partial charge in [0.2, 0.25) is 5.91 Å². The molecule has 4 nitrogen and oxygen atoms in total. The lowest BCUT2D eigenvalue weighted by Crippen LogP contribution is -2.22. The number of primary amides is 1. The Morgan fingerprint density at radius 1 is 1.46 bits per heavy atom. The normalized spacial score (nSPS) is 10.4. The zero-order valence-corrected chi connectivity index (χ0v) is 6.41. The molecule has 0 aliphatic carbocycles. The van der Waals surface area contributed by atoms with Crippen molar-refractivity contribution in [2.45, 2.75) is 6.55 Å². The lowest BCUT2D eigenvalue weighted by molar-refractivity contribution is 0.0660. The predicted octanol–water partition coefficient (Wildman–Crippen LogP) is 0.342. The second-order valence-electron chi connectivity index (χ2n) is 2.31. The Bertz CT molecular complexity index is 386. The molecule has 1 rings (SSSR count). The number of rotatable bonds is 2. The van der Waals surface area contributed by atoms with E-state index in [1.54, 1.807) is 0 Å². The molecule has 1 aromatic heterocycles. The van der Waals surface area contributed by atoms with Crippen LogP contribution in [0.1, 0.15) is 16.9 Å². The van der Waals surface area contributed by atoms with E-state index in [0.29, 0.717) is 0 Å². The summed E-state index contributed by atoms with van der Waals surface area (Å²) < 4.78 is 24.3. The largest absolute Gasteiger partial charge is 0.366 e. The monoisotopic (exact) mass is 188 g/mol. The molecule has 70 valence electrons. The van der Waals surface area contributed by atoms with Gasteiger partial charge in [0.15, 0.2) is 0 Å². The Morgan fingerprint density at radius 2 is 2.08 bits per heavy atom. The molecule has 1 heterocycles. The number of nitrogens with two attached hydrogens (primary N) is 1. The summed E-state index contributed by atoms with van der Waals surface area (Å²) in [7, 11) is 0. The maximum Gasteiger partial charge on any atom is 0.321 e. The number of halogens is 2. The van der Waals surface area contributed by atoms with E-state index >= 15 is 0 Å². The number of nitrogens with zero attached hydrogens (tertiary/aromatic N) is 1. The van der Waals surface area contributed by atoms with Crippen LogP contribution in [0.4, 0.5) is 8.78 Å². The standard InChI is InChI=1S/C7H6F2N2O2/c8-7(9)11-3-4(6(10)13)1-2-5(11)12/h1-3,7H,(H2,10,13). The molecule has 0 saturated heterocycles. The van der Waals surface area contributed by atoms with Gasteiger partial charge in [-0.15, -0.1) is 0 Å². The van der Waals surface area contributed by atoms with Gasteiger partial charge in [0.1, 0.15) is 0 Å². The van der Waals surface area contributed by atoms with Gasteiger partial charge in [0.05, 0.1) is 5.56 Å². The molecule has 6 heteroatoms. The molecule has 0 radical (unpaired) electrons. The van der Waals surface area contributed by atoms with E-state index in [4.69, 9.17) is 5.73 Å². The molecule has 13 heavy (non-hydrogen) atoms. The van der Waals surface area contributed by atoms with Crippen LogP contribution in [-0.2, 0) is 0 Å². The molecule has 0 spiro atoms. The maximum atomic E-state index is 12.1. The summed E-state index contributed by atoms with van der Waals surface area (Å²) in [5.74, 6) is -0.852. The van der Waals surface area contributed by atoms with Gasteiger partial charge < -0.3 is 5.73 Å². The number of hydrogen-bond acceptors (Lipinski definition) is 2. The fourth-order valence-electron chi connectivity index (χ4n) is 0.802. The summed E-state index contributed by atoms with van der Waals surface area (Å²) in [5, 5.41) is 0. The minimum Gasteiger partial charge on any atom is -0.366 e. The SMILES string of the molecule is NC(=O)c1ccc(=O)n(C(F)F)c1. The quantitative estimate of drug-likeness (QED) is 0.727. The van der Waals surface area contributed by atoms with Crippen molar-refractivity contribution in [3.05, 3.63) is 34.2 Å². The molecule has 0 atom stereocenters. The smallest absolute Gasteiger partial charge is 0.321 e. The molecular weight excluding hydrogens is 182 g/mol. The second-order valence-corrected chi connectivity index (χ2v) is 2.31. The highest BCUT2D eigenvalue weighted by Crippen LogP contribution is 2.06. The van der Waals surface area contributed by atoms with Crippen molar-refractivity contribution in [2.24, 2.45) is 5.73 Å². The maximum absolute atomic E-state index is 12.1. The Morgan fingerprint density at radius 3 is 2.54 bits per heavy atom. The predicted molar refractivity (Wildman–Crippen MR) is 40.5 cm³/mol. The minimum absolute atomic E-state index is 0.125. The van der Waals surface area contributed by atoms with Crippen LogP contribution < -0.4 is 11.3 Å². The average Bonchev–Trinajstić information content (AvgIpc) is 2.04. The molecule has 1 amide bonds. The first-order chi connectivity index (χ1) is 6.02. The number of hydrogen-bond donors (Lipinski definition) is 1. The van der Waals surface area contributed by atoms with Crippen molar-refractivity contribution in [3.63, 3.8) is 0 Å². The van der Waals surface area contributed by atoms with Crippen LogP contribution in [0, 0.1) is 0 Å². The van der Waals surface area contributed by atoms with Crippen molar-refractivity contribution in [2.75, 3.05) is 0 Å². The molecule has 0 bridgehead atoms. The molecule has 0 aromatic carbocycles. The van der Waals surface area contributed by atoms with Crippen LogP contribution >= 0.6 is 0 Å². The summed E-state index contributed by atoms with van der Waals surface area (Å²) >= 11 is 0. The Hall–Kier alpha value is -1.72. The third-order valence-corrected chi connectivity index (χ3v) is 1.43. The van der Waals surface area contributed by atoms with Crippen LogP contribution in [0.3, 0.4) is 0 Å². The zero-order chi connectivity index (χ0) is 10.0. The van der Waals surface area contributed by atoms with Crippen molar-refractivity contribution in [1.82, 2.24) is 4.57 Å². The molecule has 2 N–H and O–H groups in total. The van der Waals surface area contributed by atoms with E-state index in [0.717, 1.165) is 18.3 Å². The topological polar surface area (TPSA) is 65.1 Å². The Labute approximate surface area is 71.6 Å². The summed E-state index contributed by atoms with van der Waals surface area (Å²) in [6.07, 6.45) is 0.731. The van der Waals surface area contributed by atoms with Gasteiger partial charge in [0.25, 0.3) is 5.56 Å². The van der Waals surface area contributed by atoms with E-state index in [1.807, 2.05) is 0 Å². The van der Waals surface area contributed by atoms with Crippen LogP contribution in [0.25, 0.3) is 0 Å². The lowest BCUT2D eigenvalue weighted by Gasteiger charge is -2.03. The van der Waals surface area contributed by atoms with Crippen molar-refractivity contribution in [1.29, 1.82) is 0 Å². The van der Waals surface area contributed by atoms with Crippen LogP contribution in [0.2, 0.25) is 0 Å².